The molecule has 0 fully saturated rings. The van der Waals surface area contributed by atoms with Gasteiger partial charge in [0.1, 0.15) is 6.29 Å². The molecule has 0 heterocycles. The number of rotatable bonds is 4. The van der Waals surface area contributed by atoms with Crippen molar-refractivity contribution in [3.05, 3.63) is 0 Å². The van der Waals surface area contributed by atoms with Gasteiger partial charge in [0.25, 0.3) is 0 Å². The Labute approximate surface area is 65.2 Å². The van der Waals surface area contributed by atoms with Gasteiger partial charge in [0.15, 0.2) is 6.10 Å². The fraction of sp³-hybridized carbons (Fsp3) is 0.714. The van der Waals surface area contributed by atoms with Gasteiger partial charge in [0.2, 0.25) is 0 Å². The summed E-state index contributed by atoms with van der Waals surface area (Å²) in [5, 5.41) is 8.86. The van der Waals surface area contributed by atoms with Gasteiger partial charge in [-0.3, -0.25) is 0 Å². The van der Waals surface area contributed by atoms with Crippen LogP contribution in [-0.4, -0.2) is 29.6 Å². The molecule has 1 unspecified atom stereocenters. The fourth-order valence-electron chi connectivity index (χ4n) is 0.498. The molecule has 0 aliphatic heterocycles. The Kier molecular flexibility index (Phi) is 4.45. The van der Waals surface area contributed by atoms with Gasteiger partial charge in [-0.1, -0.05) is 0 Å². The van der Waals surface area contributed by atoms with Crippen LogP contribution in [0.4, 0.5) is 0 Å². The van der Waals surface area contributed by atoms with Gasteiger partial charge in [-0.05, 0) is 13.8 Å². The second-order valence-corrected chi connectivity index (χ2v) is 2.40. The number of esters is 1. The zero-order chi connectivity index (χ0) is 8.85. The van der Waals surface area contributed by atoms with Crippen molar-refractivity contribution in [2.24, 2.45) is 0 Å². The second kappa shape index (κ2) is 4.85. The molecular formula is C7H12O4. The van der Waals surface area contributed by atoms with E-state index in [1.165, 1.54) is 0 Å². The van der Waals surface area contributed by atoms with Gasteiger partial charge in [0.05, 0.1) is 6.10 Å². The lowest BCUT2D eigenvalue weighted by atomic mass is 10.3. The number of carbonyl (C=O) groups excluding carboxylic acids is 2. The highest BCUT2D eigenvalue weighted by Crippen LogP contribution is 1.96. The van der Waals surface area contributed by atoms with E-state index in [0.29, 0.717) is 6.29 Å². The van der Waals surface area contributed by atoms with Gasteiger partial charge >= 0.3 is 5.97 Å². The number of carbonyl (C=O) groups is 2. The second-order valence-electron chi connectivity index (χ2n) is 2.40. The Morgan fingerprint density at radius 2 is 2.18 bits per heavy atom. The first-order valence-electron chi connectivity index (χ1n) is 3.40. The molecule has 0 aromatic heterocycles. The maximum absolute atomic E-state index is 10.7. The first kappa shape index (κ1) is 10.1. The molecule has 0 amide bonds. The Hall–Kier alpha value is -0.900. The van der Waals surface area contributed by atoms with Crippen molar-refractivity contribution in [3.8, 4) is 0 Å². The summed E-state index contributed by atoms with van der Waals surface area (Å²) < 4.78 is 4.62. The highest BCUT2D eigenvalue weighted by Gasteiger charge is 2.16. The van der Waals surface area contributed by atoms with Crippen LogP contribution in [0.1, 0.15) is 20.3 Å². The third-order valence-electron chi connectivity index (χ3n) is 0.943. The highest BCUT2D eigenvalue weighted by atomic mass is 16.6. The maximum Gasteiger partial charge on any atom is 0.335 e. The SMILES string of the molecule is CC(C)OC(=O)C(O)CC=O. The molecule has 0 radical (unpaired) electrons. The molecule has 1 N–H and O–H groups in total. The predicted molar refractivity (Wildman–Crippen MR) is 37.9 cm³/mol. The van der Waals surface area contributed by atoms with E-state index in [4.69, 9.17) is 5.11 Å². The quantitative estimate of drug-likeness (QED) is 0.460. The monoisotopic (exact) mass is 160 g/mol. The molecule has 11 heavy (non-hydrogen) atoms. The summed E-state index contributed by atoms with van der Waals surface area (Å²) >= 11 is 0. The van der Waals surface area contributed by atoms with E-state index in [1.807, 2.05) is 0 Å². The molecule has 0 spiro atoms. The van der Waals surface area contributed by atoms with Crippen LogP contribution in [0.3, 0.4) is 0 Å². The Bertz CT molecular complexity index is 141. The molecule has 0 saturated carbocycles. The normalized spacial score (nSPS) is 12.7. The summed E-state index contributed by atoms with van der Waals surface area (Å²) in [5.74, 6) is -0.743. The maximum atomic E-state index is 10.7. The third-order valence-corrected chi connectivity index (χ3v) is 0.943. The minimum atomic E-state index is -1.31. The molecule has 0 aliphatic rings. The molecule has 0 aromatic carbocycles. The predicted octanol–water partition coefficient (Wildman–Crippen LogP) is -0.112. The lowest BCUT2D eigenvalue weighted by Crippen LogP contribution is -2.25. The molecule has 64 valence electrons. The summed E-state index contributed by atoms with van der Waals surface area (Å²) in [7, 11) is 0. The van der Waals surface area contributed by atoms with Crippen molar-refractivity contribution in [2.45, 2.75) is 32.5 Å². The first-order valence-corrected chi connectivity index (χ1v) is 3.40. The third kappa shape index (κ3) is 4.50. The van der Waals surface area contributed by atoms with E-state index in [9.17, 15) is 9.59 Å². The summed E-state index contributed by atoms with van der Waals surface area (Å²) in [4.78, 5) is 20.5. The van der Waals surface area contributed by atoms with E-state index in [2.05, 4.69) is 4.74 Å². The topological polar surface area (TPSA) is 63.6 Å². The minimum Gasteiger partial charge on any atom is -0.461 e. The number of aldehydes is 1. The minimum absolute atomic E-state index is 0.203. The molecule has 0 saturated heterocycles. The van der Waals surface area contributed by atoms with Gasteiger partial charge in [-0.2, -0.15) is 0 Å². The van der Waals surface area contributed by atoms with Crippen molar-refractivity contribution >= 4 is 12.3 Å². The number of ether oxygens (including phenoxy) is 1. The van der Waals surface area contributed by atoms with Crippen molar-refractivity contribution in [1.82, 2.24) is 0 Å². The highest BCUT2D eigenvalue weighted by molar-refractivity contribution is 5.77. The summed E-state index contributed by atoms with van der Waals surface area (Å²) in [6.45, 7) is 3.34. The van der Waals surface area contributed by atoms with Crippen LogP contribution >= 0.6 is 0 Å². The average molecular weight is 160 g/mol. The Morgan fingerprint density at radius 1 is 1.64 bits per heavy atom. The van der Waals surface area contributed by atoms with E-state index in [-0.39, 0.29) is 12.5 Å². The van der Waals surface area contributed by atoms with Crippen molar-refractivity contribution < 1.29 is 19.4 Å². The standard InChI is InChI=1S/C7H12O4/c1-5(2)11-7(10)6(9)3-4-8/h4-6,9H,3H2,1-2H3. The number of hydrogen-bond acceptors (Lipinski definition) is 4. The summed E-state index contributed by atoms with van der Waals surface area (Å²) in [6, 6.07) is 0. The van der Waals surface area contributed by atoms with Crippen molar-refractivity contribution in [2.75, 3.05) is 0 Å². The van der Waals surface area contributed by atoms with Crippen LogP contribution in [0.2, 0.25) is 0 Å². The molecule has 1 atom stereocenters. The Morgan fingerprint density at radius 3 is 2.55 bits per heavy atom. The van der Waals surface area contributed by atoms with Crippen molar-refractivity contribution in [3.63, 3.8) is 0 Å². The van der Waals surface area contributed by atoms with Crippen LogP contribution in [0.25, 0.3) is 0 Å². The molecule has 0 aromatic rings. The number of aliphatic hydroxyl groups is 1. The zero-order valence-corrected chi connectivity index (χ0v) is 6.61. The van der Waals surface area contributed by atoms with E-state index in [0.717, 1.165) is 0 Å². The number of hydrogen-bond donors (Lipinski definition) is 1. The van der Waals surface area contributed by atoms with Gasteiger partial charge < -0.3 is 14.6 Å². The van der Waals surface area contributed by atoms with Crippen LogP contribution in [0, 0.1) is 0 Å². The molecular weight excluding hydrogens is 148 g/mol. The average Bonchev–Trinajstić information content (AvgIpc) is 1.86. The lowest BCUT2D eigenvalue weighted by molar-refractivity contribution is -0.158. The number of aliphatic hydroxyl groups excluding tert-OH is 1. The molecule has 4 heteroatoms. The molecule has 0 rings (SSSR count). The first-order chi connectivity index (χ1) is 5.07. The van der Waals surface area contributed by atoms with E-state index in [1.54, 1.807) is 13.8 Å². The van der Waals surface area contributed by atoms with E-state index < -0.39 is 12.1 Å². The smallest absolute Gasteiger partial charge is 0.335 e. The molecule has 4 nitrogen and oxygen atoms in total. The van der Waals surface area contributed by atoms with E-state index >= 15 is 0 Å². The van der Waals surface area contributed by atoms with Gasteiger partial charge in [-0.15, -0.1) is 0 Å². The van der Waals surface area contributed by atoms with Crippen molar-refractivity contribution in [1.29, 1.82) is 0 Å². The van der Waals surface area contributed by atoms with Crippen LogP contribution in [0.15, 0.2) is 0 Å². The summed E-state index contributed by atoms with van der Waals surface area (Å²) in [5.41, 5.74) is 0. The lowest BCUT2D eigenvalue weighted by Gasteiger charge is -2.10. The molecule has 0 aliphatic carbocycles. The fourth-order valence-corrected chi connectivity index (χ4v) is 0.498. The van der Waals surface area contributed by atoms with Crippen LogP contribution in [-0.2, 0) is 14.3 Å². The zero-order valence-electron chi connectivity index (χ0n) is 6.61. The van der Waals surface area contributed by atoms with Crippen LogP contribution in [0.5, 0.6) is 0 Å². The molecule has 0 bridgehead atoms. The van der Waals surface area contributed by atoms with Gasteiger partial charge in [0, 0.05) is 6.42 Å². The largest absolute Gasteiger partial charge is 0.461 e. The van der Waals surface area contributed by atoms with Gasteiger partial charge in [-0.25, -0.2) is 4.79 Å². The summed E-state index contributed by atoms with van der Waals surface area (Å²) in [6.07, 6.45) is -1.30. The van der Waals surface area contributed by atoms with Crippen LogP contribution < -0.4 is 0 Å². The Balaban J connectivity index is 3.72.